The molecule has 0 saturated carbocycles. The van der Waals surface area contributed by atoms with E-state index in [0.29, 0.717) is 35.2 Å². The third-order valence-electron chi connectivity index (χ3n) is 5.92. The molecule has 2 atom stereocenters. The van der Waals surface area contributed by atoms with Crippen LogP contribution < -0.4 is 26.4 Å². The lowest BCUT2D eigenvalue weighted by Gasteiger charge is -2.14. The Kier molecular flexibility index (Phi) is 8.87. The van der Waals surface area contributed by atoms with Gasteiger partial charge in [-0.2, -0.15) is 28.2 Å². The number of nitrogens with zero attached hydrogens (tertiary/aromatic N) is 3. The number of rotatable bonds is 13. The Morgan fingerprint density at radius 2 is 1.67 bits per heavy atom. The maximum absolute atomic E-state index is 12.9. The summed E-state index contributed by atoms with van der Waals surface area (Å²) in [6.45, 7) is 0.792. The molecule has 0 aromatic carbocycles. The molecule has 4 aromatic rings. The molecule has 4 heterocycles. The predicted octanol–water partition coefficient (Wildman–Crippen LogP) is -0.880. The third kappa shape index (κ3) is 5.38. The zero-order chi connectivity index (χ0) is 25.7. The molecular weight excluding hydrogens is 504 g/mol. The quantitative estimate of drug-likeness (QED) is 0.108. The van der Waals surface area contributed by atoms with Crippen molar-refractivity contribution in [2.75, 3.05) is 37.2 Å². The number of aromatic nitrogens is 6. The van der Waals surface area contributed by atoms with Crippen molar-refractivity contribution >= 4 is 45.6 Å². The second-order valence-corrected chi connectivity index (χ2v) is 10.2. The van der Waals surface area contributed by atoms with Gasteiger partial charge >= 0.3 is 5.56 Å². The van der Waals surface area contributed by atoms with Gasteiger partial charge < -0.3 is 30.8 Å². The Morgan fingerprint density at radius 1 is 1.00 bits per heavy atom. The van der Waals surface area contributed by atoms with Crippen molar-refractivity contribution in [1.82, 2.24) is 35.2 Å². The Bertz CT molecular complexity index is 1430. The predicted molar refractivity (Wildman–Crippen MR) is 142 cm³/mol. The molecule has 14 heteroatoms. The van der Waals surface area contributed by atoms with Gasteiger partial charge in [-0.25, -0.2) is 14.8 Å². The monoisotopic (exact) mass is 535 g/mol. The molecule has 0 aliphatic rings. The molecule has 194 valence electrons. The summed E-state index contributed by atoms with van der Waals surface area (Å²) in [5.74, 6) is 1.48. The first-order chi connectivity index (χ1) is 17.5. The molecule has 0 saturated heterocycles. The van der Waals surface area contributed by atoms with Crippen molar-refractivity contribution in [1.29, 1.82) is 0 Å². The number of hydrogen-bond acceptors (Lipinski definition) is 9. The van der Waals surface area contributed by atoms with Gasteiger partial charge in [0.05, 0.1) is 25.7 Å². The normalized spacial score (nSPS) is 13.6. The largest absolute Gasteiger partial charge is 0.395 e. The number of aliphatic hydroxyl groups is 2. The maximum Gasteiger partial charge on any atom is 0.359 e. The van der Waals surface area contributed by atoms with Crippen molar-refractivity contribution in [3.63, 3.8) is 0 Å². The number of fused-ring (bicyclic) bond motifs is 2. The van der Waals surface area contributed by atoms with Crippen LogP contribution in [0.4, 0.5) is 0 Å². The number of H-pyrrole nitrogens is 3. The number of thioether (sulfide) groups is 2. The fourth-order valence-electron chi connectivity index (χ4n) is 4.13. The standard InChI is InChI=1S/C22H30N8O4S2/c1-35-9-15(7-31)23-3-13-4-25-18-19(13)30(12-28-21(18)33)29-6-14(5-24-16(8-32)10-36-2)17-20(29)22(34)27-11-26-17/h4,6,11-12,15-16,23-24,31-32H,3,5,7-10H2,1-2H3,(H2,25,26,27,33,34)/p+1. The van der Waals surface area contributed by atoms with Crippen LogP contribution in [0.15, 0.2) is 34.6 Å². The minimum atomic E-state index is -0.323. The summed E-state index contributed by atoms with van der Waals surface area (Å²) in [6, 6.07) is -0.200. The van der Waals surface area contributed by atoms with Gasteiger partial charge in [-0.1, -0.05) is 0 Å². The maximum atomic E-state index is 12.9. The van der Waals surface area contributed by atoms with E-state index in [2.05, 4.69) is 30.6 Å². The summed E-state index contributed by atoms with van der Waals surface area (Å²) in [4.78, 5) is 38.3. The van der Waals surface area contributed by atoms with Crippen molar-refractivity contribution in [3.8, 4) is 0 Å². The van der Waals surface area contributed by atoms with Crippen LogP contribution in [0.3, 0.4) is 0 Å². The zero-order valence-corrected chi connectivity index (χ0v) is 21.7. The second-order valence-electron chi connectivity index (χ2n) is 8.34. The van der Waals surface area contributed by atoms with E-state index in [-0.39, 0.29) is 36.4 Å². The van der Waals surface area contributed by atoms with Gasteiger partial charge in [0.25, 0.3) is 11.9 Å². The SMILES string of the molecule is CSCC(CO)NCc1cn(-[n+]2c[nH]c(=O)c3[nH]cc(CNC(CO)CSC)c32)c2c(=O)[nH]cnc12. The van der Waals surface area contributed by atoms with Crippen LogP contribution >= 0.6 is 23.5 Å². The lowest BCUT2D eigenvalue weighted by atomic mass is 10.2. The number of hydrogen-bond donors (Lipinski definition) is 7. The van der Waals surface area contributed by atoms with Crippen LogP contribution in [0, 0.1) is 0 Å². The molecule has 4 rings (SSSR count). The molecule has 0 radical (unpaired) electrons. The fourth-order valence-corrected chi connectivity index (χ4v) is 5.38. The van der Waals surface area contributed by atoms with Crippen LogP contribution in [0.25, 0.3) is 22.1 Å². The van der Waals surface area contributed by atoms with Crippen LogP contribution in [0.1, 0.15) is 11.1 Å². The van der Waals surface area contributed by atoms with E-state index in [9.17, 15) is 19.8 Å². The van der Waals surface area contributed by atoms with E-state index in [1.165, 1.54) is 12.7 Å². The first-order valence-corrected chi connectivity index (χ1v) is 14.2. The lowest BCUT2D eigenvalue weighted by molar-refractivity contribution is -0.702. The highest BCUT2D eigenvalue weighted by Crippen LogP contribution is 2.17. The highest BCUT2D eigenvalue weighted by atomic mass is 32.2. The van der Waals surface area contributed by atoms with Crippen molar-refractivity contribution in [3.05, 3.63) is 56.9 Å². The van der Waals surface area contributed by atoms with Gasteiger partial charge in [-0.15, -0.1) is 4.68 Å². The van der Waals surface area contributed by atoms with Gasteiger partial charge in [-0.05, 0) is 12.5 Å². The fraction of sp³-hybridized carbons (Fsp3) is 0.455. The average Bonchev–Trinajstić information content (AvgIpc) is 3.48. The molecule has 0 amide bonds. The van der Waals surface area contributed by atoms with Gasteiger partial charge in [0.15, 0.2) is 16.6 Å². The molecule has 7 N–H and O–H groups in total. The lowest BCUT2D eigenvalue weighted by Crippen LogP contribution is -2.45. The van der Waals surface area contributed by atoms with E-state index in [4.69, 9.17) is 0 Å². The first kappa shape index (κ1) is 26.4. The van der Waals surface area contributed by atoms with Gasteiger partial charge in [-0.3, -0.25) is 4.79 Å². The van der Waals surface area contributed by atoms with E-state index in [1.807, 2.05) is 12.5 Å². The number of aromatic amines is 3. The van der Waals surface area contributed by atoms with E-state index < -0.39 is 0 Å². The summed E-state index contributed by atoms with van der Waals surface area (Å²) in [6.07, 6.45) is 10.4. The summed E-state index contributed by atoms with van der Waals surface area (Å²) >= 11 is 3.26. The Hall–Kier alpha value is -2.62. The minimum absolute atomic E-state index is 0.00516. The zero-order valence-electron chi connectivity index (χ0n) is 20.1. The first-order valence-electron chi connectivity index (χ1n) is 11.4. The Morgan fingerprint density at radius 3 is 2.31 bits per heavy atom. The molecule has 0 fully saturated rings. The second kappa shape index (κ2) is 12.1. The Balaban J connectivity index is 1.80. The van der Waals surface area contributed by atoms with E-state index in [0.717, 1.165) is 22.6 Å². The average molecular weight is 536 g/mol. The number of aliphatic hydroxyl groups excluding tert-OH is 2. The smallest absolute Gasteiger partial charge is 0.359 e. The highest BCUT2D eigenvalue weighted by molar-refractivity contribution is 7.98. The molecule has 2 unspecified atom stereocenters. The molecule has 0 spiro atoms. The molecule has 36 heavy (non-hydrogen) atoms. The van der Waals surface area contributed by atoms with E-state index in [1.54, 1.807) is 45.3 Å². The summed E-state index contributed by atoms with van der Waals surface area (Å²) in [5, 5.41) is 26.0. The minimum Gasteiger partial charge on any atom is -0.395 e. The molecule has 12 nitrogen and oxygen atoms in total. The summed E-state index contributed by atoms with van der Waals surface area (Å²) in [7, 11) is 0. The third-order valence-corrected chi connectivity index (χ3v) is 7.39. The Labute approximate surface area is 214 Å². The molecule has 0 bridgehead atoms. The van der Waals surface area contributed by atoms with Crippen LogP contribution in [0.5, 0.6) is 0 Å². The van der Waals surface area contributed by atoms with Crippen molar-refractivity contribution in [2.45, 2.75) is 25.2 Å². The van der Waals surface area contributed by atoms with Crippen LogP contribution in [-0.4, -0.2) is 84.1 Å². The van der Waals surface area contributed by atoms with Crippen molar-refractivity contribution < 1.29 is 14.9 Å². The van der Waals surface area contributed by atoms with Gasteiger partial charge in [0.2, 0.25) is 0 Å². The highest BCUT2D eigenvalue weighted by Gasteiger charge is 2.23. The van der Waals surface area contributed by atoms with Crippen LogP contribution in [0.2, 0.25) is 0 Å². The molecular formula is C22H31N8O4S2+. The summed E-state index contributed by atoms with van der Waals surface area (Å²) < 4.78 is 3.38. The van der Waals surface area contributed by atoms with Gasteiger partial charge in [0, 0.05) is 54.0 Å². The van der Waals surface area contributed by atoms with Gasteiger partial charge in [0.1, 0.15) is 5.52 Å². The van der Waals surface area contributed by atoms with E-state index >= 15 is 0 Å². The summed E-state index contributed by atoms with van der Waals surface area (Å²) in [5.41, 5.74) is 2.78. The van der Waals surface area contributed by atoms with Crippen molar-refractivity contribution in [2.24, 2.45) is 0 Å². The van der Waals surface area contributed by atoms with Crippen LogP contribution in [-0.2, 0) is 13.1 Å². The topological polar surface area (TPSA) is 168 Å². The molecule has 0 aliphatic heterocycles. The number of nitrogens with one attached hydrogen (secondary N) is 5. The molecule has 0 aliphatic carbocycles. The molecule has 4 aromatic heterocycles.